The zero-order chi connectivity index (χ0) is 16.2. The van der Waals surface area contributed by atoms with Crippen LogP contribution in [-0.4, -0.2) is 28.7 Å². The highest BCUT2D eigenvalue weighted by Gasteiger charge is 2.21. The van der Waals surface area contributed by atoms with E-state index in [1.165, 1.54) is 25.1 Å². The summed E-state index contributed by atoms with van der Waals surface area (Å²) in [6.07, 6.45) is -0.694. The molecule has 0 bridgehead atoms. The lowest BCUT2D eigenvalue weighted by Crippen LogP contribution is -2.43. The predicted octanol–water partition coefficient (Wildman–Crippen LogP) is 2.90. The molecule has 0 aromatic heterocycles. The molecule has 7 heteroatoms. The van der Waals surface area contributed by atoms with Gasteiger partial charge >= 0.3 is 6.09 Å². The molecule has 1 aromatic carbocycles. The summed E-state index contributed by atoms with van der Waals surface area (Å²) in [4.78, 5) is 23.5. The van der Waals surface area contributed by atoms with Crippen LogP contribution in [0.15, 0.2) is 18.2 Å². The molecular formula is C14H19ClN2O4. The second-order valence-electron chi connectivity index (χ2n) is 5.52. The van der Waals surface area contributed by atoms with E-state index in [0.717, 1.165) is 0 Å². The van der Waals surface area contributed by atoms with Crippen molar-refractivity contribution in [3.05, 3.63) is 23.2 Å². The molecule has 0 aliphatic heterocycles. The molecule has 0 heterocycles. The first kappa shape index (κ1) is 17.1. The molecule has 6 nitrogen and oxygen atoms in total. The summed E-state index contributed by atoms with van der Waals surface area (Å²) in [6, 6.07) is 3.44. The topological polar surface area (TPSA) is 87.7 Å². The molecule has 0 saturated heterocycles. The van der Waals surface area contributed by atoms with E-state index in [4.69, 9.17) is 16.3 Å². The molecule has 116 valence electrons. The summed E-state index contributed by atoms with van der Waals surface area (Å²) in [5.74, 6) is -0.615. The molecule has 0 saturated carbocycles. The maximum absolute atomic E-state index is 11.9. The Morgan fingerprint density at radius 1 is 1.33 bits per heavy atom. The monoisotopic (exact) mass is 314 g/mol. The van der Waals surface area contributed by atoms with Gasteiger partial charge in [0, 0.05) is 5.02 Å². The number of nitrogens with one attached hydrogen (secondary N) is 2. The van der Waals surface area contributed by atoms with Gasteiger partial charge in [-0.3, -0.25) is 4.79 Å². The van der Waals surface area contributed by atoms with Crippen LogP contribution in [0.1, 0.15) is 27.7 Å². The average molecular weight is 315 g/mol. The third kappa shape index (κ3) is 5.91. The Morgan fingerprint density at radius 3 is 2.52 bits per heavy atom. The summed E-state index contributed by atoms with van der Waals surface area (Å²) in [7, 11) is 0. The smallest absolute Gasteiger partial charge is 0.408 e. The number of ether oxygens (including phenoxy) is 1. The molecule has 0 radical (unpaired) electrons. The van der Waals surface area contributed by atoms with E-state index in [9.17, 15) is 14.7 Å². The number of rotatable bonds is 3. The van der Waals surface area contributed by atoms with Gasteiger partial charge in [-0.15, -0.1) is 0 Å². The zero-order valence-corrected chi connectivity index (χ0v) is 13.1. The fourth-order valence-electron chi connectivity index (χ4n) is 1.40. The first-order chi connectivity index (χ1) is 9.58. The van der Waals surface area contributed by atoms with Crippen molar-refractivity contribution in [3.8, 4) is 5.75 Å². The average Bonchev–Trinajstić information content (AvgIpc) is 2.31. The Labute approximate surface area is 128 Å². The number of hydrogen-bond acceptors (Lipinski definition) is 4. The van der Waals surface area contributed by atoms with Gasteiger partial charge < -0.3 is 20.5 Å². The first-order valence-corrected chi connectivity index (χ1v) is 6.75. The van der Waals surface area contributed by atoms with Gasteiger partial charge in [-0.25, -0.2) is 4.79 Å². The highest BCUT2D eigenvalue weighted by molar-refractivity contribution is 6.31. The largest absolute Gasteiger partial charge is 0.506 e. The van der Waals surface area contributed by atoms with Crippen LogP contribution >= 0.6 is 11.6 Å². The van der Waals surface area contributed by atoms with Gasteiger partial charge in [0.15, 0.2) is 0 Å². The third-order valence-electron chi connectivity index (χ3n) is 2.34. The number of carbonyl (C=O) groups excluding carboxylic acids is 2. The van der Waals surface area contributed by atoms with Gasteiger partial charge in [0.2, 0.25) is 5.91 Å². The van der Waals surface area contributed by atoms with Gasteiger partial charge in [-0.1, -0.05) is 11.6 Å². The third-order valence-corrected chi connectivity index (χ3v) is 2.58. The molecule has 0 aliphatic rings. The van der Waals surface area contributed by atoms with Crippen LogP contribution in [0, 0.1) is 0 Å². The number of anilines is 1. The normalized spacial score (nSPS) is 12.4. The number of halogens is 1. The molecular weight excluding hydrogens is 296 g/mol. The maximum atomic E-state index is 11.9. The molecule has 0 spiro atoms. The second kappa shape index (κ2) is 6.67. The molecule has 1 atom stereocenters. The van der Waals surface area contributed by atoms with Crippen molar-refractivity contribution in [2.24, 2.45) is 0 Å². The van der Waals surface area contributed by atoms with Crippen LogP contribution in [0.5, 0.6) is 5.75 Å². The quantitative estimate of drug-likeness (QED) is 0.749. The van der Waals surface area contributed by atoms with E-state index < -0.39 is 23.6 Å². The van der Waals surface area contributed by atoms with Crippen molar-refractivity contribution in [2.75, 3.05) is 5.32 Å². The number of hydrogen-bond donors (Lipinski definition) is 3. The summed E-state index contributed by atoms with van der Waals surface area (Å²) in [6.45, 7) is 6.67. The number of phenols is 1. The van der Waals surface area contributed by atoms with E-state index in [0.29, 0.717) is 5.02 Å². The Bertz CT molecular complexity index is 540. The minimum absolute atomic E-state index is 0.114. The Hall–Kier alpha value is -1.95. The molecule has 1 aromatic rings. The lowest BCUT2D eigenvalue weighted by atomic mass is 10.2. The van der Waals surface area contributed by atoms with E-state index in [1.807, 2.05) is 0 Å². The van der Waals surface area contributed by atoms with Crippen molar-refractivity contribution >= 4 is 29.3 Å². The minimum Gasteiger partial charge on any atom is -0.506 e. The Balaban J connectivity index is 2.63. The molecule has 1 unspecified atom stereocenters. The van der Waals surface area contributed by atoms with Gasteiger partial charge in [0.05, 0.1) is 5.69 Å². The second-order valence-corrected chi connectivity index (χ2v) is 5.96. The molecule has 0 aliphatic carbocycles. The van der Waals surface area contributed by atoms with Crippen LogP contribution in [0.4, 0.5) is 10.5 Å². The fraction of sp³-hybridized carbons (Fsp3) is 0.429. The van der Waals surface area contributed by atoms with Crippen LogP contribution in [0.25, 0.3) is 0 Å². The molecule has 0 fully saturated rings. The van der Waals surface area contributed by atoms with E-state index in [1.54, 1.807) is 20.8 Å². The minimum atomic E-state index is -0.835. The Morgan fingerprint density at radius 2 is 1.95 bits per heavy atom. The van der Waals surface area contributed by atoms with Crippen molar-refractivity contribution < 1.29 is 19.4 Å². The van der Waals surface area contributed by atoms with Crippen LogP contribution in [0.3, 0.4) is 0 Å². The molecule has 1 rings (SSSR count). The highest BCUT2D eigenvalue weighted by atomic mass is 35.5. The fourth-order valence-corrected chi connectivity index (χ4v) is 1.57. The van der Waals surface area contributed by atoms with Crippen molar-refractivity contribution in [1.82, 2.24) is 5.32 Å². The molecule has 3 N–H and O–H groups in total. The van der Waals surface area contributed by atoms with E-state index >= 15 is 0 Å². The Kier molecular flexibility index (Phi) is 5.43. The maximum Gasteiger partial charge on any atom is 0.408 e. The van der Waals surface area contributed by atoms with Crippen molar-refractivity contribution in [3.63, 3.8) is 0 Å². The van der Waals surface area contributed by atoms with Gasteiger partial charge in [-0.2, -0.15) is 0 Å². The molecule has 2 amide bonds. The number of phenolic OH excluding ortho intramolecular Hbond substituents is 1. The van der Waals surface area contributed by atoms with Crippen LogP contribution < -0.4 is 10.6 Å². The standard InChI is InChI=1S/C14H19ClN2O4/c1-8(16-13(20)21-14(2,3)4)12(19)17-10-7-9(15)5-6-11(10)18/h5-8,18H,1-4H3,(H,16,20)(H,17,19). The molecule has 21 heavy (non-hydrogen) atoms. The summed E-state index contributed by atoms with van der Waals surface area (Å²) >= 11 is 5.78. The van der Waals surface area contributed by atoms with Gasteiger partial charge in [0.1, 0.15) is 17.4 Å². The number of aromatic hydroxyl groups is 1. The number of benzene rings is 1. The zero-order valence-electron chi connectivity index (χ0n) is 12.4. The number of alkyl carbamates (subject to hydrolysis) is 1. The first-order valence-electron chi connectivity index (χ1n) is 6.37. The number of amides is 2. The van der Waals surface area contributed by atoms with Crippen LogP contribution in [0.2, 0.25) is 5.02 Å². The lowest BCUT2D eigenvalue weighted by molar-refractivity contribution is -0.117. The summed E-state index contributed by atoms with van der Waals surface area (Å²) in [5.41, 5.74) is -0.476. The SMILES string of the molecule is CC(NC(=O)OC(C)(C)C)C(=O)Nc1cc(Cl)ccc1O. The predicted molar refractivity (Wildman–Crippen MR) is 80.6 cm³/mol. The van der Waals surface area contributed by atoms with Crippen molar-refractivity contribution in [2.45, 2.75) is 39.3 Å². The summed E-state index contributed by atoms with van der Waals surface area (Å²) in [5, 5.41) is 14.9. The van der Waals surface area contributed by atoms with Gasteiger partial charge in [0.25, 0.3) is 0 Å². The highest BCUT2D eigenvalue weighted by Crippen LogP contribution is 2.26. The van der Waals surface area contributed by atoms with E-state index in [2.05, 4.69) is 10.6 Å². The number of carbonyl (C=O) groups is 2. The van der Waals surface area contributed by atoms with Gasteiger partial charge in [-0.05, 0) is 45.9 Å². The van der Waals surface area contributed by atoms with Crippen LogP contribution in [-0.2, 0) is 9.53 Å². The lowest BCUT2D eigenvalue weighted by Gasteiger charge is -2.21. The van der Waals surface area contributed by atoms with Crippen molar-refractivity contribution in [1.29, 1.82) is 0 Å². The summed E-state index contributed by atoms with van der Waals surface area (Å²) < 4.78 is 5.05. The van der Waals surface area contributed by atoms with E-state index in [-0.39, 0.29) is 11.4 Å².